The Morgan fingerprint density at radius 1 is 0.759 bits per heavy atom. The van der Waals surface area contributed by atoms with Crippen LogP contribution >= 0.6 is 23.2 Å². The number of anilines is 2. The fourth-order valence-corrected chi connectivity index (χ4v) is 3.87. The maximum atomic E-state index is 12.7. The Morgan fingerprint density at radius 3 is 1.59 bits per heavy atom. The van der Waals surface area contributed by atoms with Gasteiger partial charge in [-0.05, 0) is 42.8 Å². The molecule has 0 fully saturated rings. The second-order valence-corrected chi connectivity index (χ2v) is 7.77. The van der Waals surface area contributed by atoms with E-state index >= 15 is 0 Å². The van der Waals surface area contributed by atoms with E-state index in [2.05, 4.69) is 0 Å². The zero-order chi connectivity index (χ0) is 20.7. The Hall–Kier alpha value is -2.52. The molecule has 0 aliphatic carbocycles. The molecule has 2 aliphatic heterocycles. The van der Waals surface area contributed by atoms with Crippen LogP contribution in [0.15, 0.2) is 36.4 Å². The molecule has 8 nitrogen and oxygen atoms in total. The van der Waals surface area contributed by atoms with Crippen LogP contribution in [0, 0.1) is 0 Å². The number of hydrogen-bond donors (Lipinski definition) is 2. The van der Waals surface area contributed by atoms with Gasteiger partial charge >= 0.3 is 0 Å². The fraction of sp³-hybridized carbons (Fsp3) is 0.263. The maximum absolute atomic E-state index is 12.7. The van der Waals surface area contributed by atoms with E-state index in [1.54, 1.807) is 24.3 Å². The molecule has 0 unspecified atom stereocenters. The first-order chi connectivity index (χ1) is 13.8. The highest BCUT2D eigenvalue weighted by Crippen LogP contribution is 2.30. The maximum Gasteiger partial charge on any atom is 0.257 e. The average molecular weight is 437 g/mol. The number of hydrogen-bond acceptors (Lipinski definition) is 6. The lowest BCUT2D eigenvalue weighted by Gasteiger charge is -2.36. The minimum atomic E-state index is -0.212. The van der Waals surface area contributed by atoms with Crippen LogP contribution in [0.5, 0.6) is 0 Å². The zero-order valence-electron chi connectivity index (χ0n) is 15.3. The number of carbonyl (C=O) groups excluding carboxylic acids is 2. The molecule has 0 saturated carbocycles. The van der Waals surface area contributed by atoms with Crippen LogP contribution in [0.4, 0.5) is 11.4 Å². The standard InChI is InChI=1S/C19H18Cl2N4O4/c20-12-2-4-14-16(8-12)24(28)10-22(18(14)26)6-1-7-23-11-25(29)17-9-13(21)3-5-15(17)19(23)27/h2-5,8-9,28-29H,1,6-7,10-11H2. The van der Waals surface area contributed by atoms with Gasteiger partial charge in [0.15, 0.2) is 0 Å². The molecule has 29 heavy (non-hydrogen) atoms. The predicted molar refractivity (Wildman–Crippen MR) is 108 cm³/mol. The second-order valence-electron chi connectivity index (χ2n) is 6.90. The number of nitrogens with zero attached hydrogens (tertiary/aromatic N) is 4. The van der Waals surface area contributed by atoms with Gasteiger partial charge in [0.2, 0.25) is 0 Å². The molecule has 10 heteroatoms. The molecule has 0 radical (unpaired) electrons. The van der Waals surface area contributed by atoms with Crippen LogP contribution in [-0.4, -0.2) is 58.5 Å². The molecule has 152 valence electrons. The van der Waals surface area contributed by atoms with Crippen molar-refractivity contribution >= 4 is 46.4 Å². The molecule has 2 aromatic carbocycles. The normalized spacial score (nSPS) is 16.3. The van der Waals surface area contributed by atoms with E-state index < -0.39 is 0 Å². The summed E-state index contributed by atoms with van der Waals surface area (Å²) in [5.41, 5.74) is 1.47. The lowest BCUT2D eigenvalue weighted by atomic mass is 10.1. The SMILES string of the molecule is O=C1c2ccc(Cl)cc2N(O)CN1CCCN1CN(O)c2cc(Cl)ccc2C1=O. The summed E-state index contributed by atoms with van der Waals surface area (Å²) in [6, 6.07) is 9.43. The third-order valence-corrected chi connectivity index (χ3v) is 5.45. The summed E-state index contributed by atoms with van der Waals surface area (Å²) in [7, 11) is 0. The monoisotopic (exact) mass is 436 g/mol. The van der Waals surface area contributed by atoms with Gasteiger partial charge in [0.05, 0.1) is 22.5 Å². The fourth-order valence-electron chi connectivity index (χ4n) is 3.54. The Labute approximate surface area is 176 Å². The van der Waals surface area contributed by atoms with Gasteiger partial charge < -0.3 is 9.80 Å². The molecular weight excluding hydrogens is 419 g/mol. The van der Waals surface area contributed by atoms with Crippen molar-refractivity contribution in [2.24, 2.45) is 0 Å². The third-order valence-electron chi connectivity index (χ3n) is 4.98. The van der Waals surface area contributed by atoms with Gasteiger partial charge in [-0.2, -0.15) is 0 Å². The molecule has 0 spiro atoms. The quantitative estimate of drug-likeness (QED) is 0.764. The Morgan fingerprint density at radius 2 is 1.17 bits per heavy atom. The third kappa shape index (κ3) is 3.72. The molecule has 2 aromatic rings. The van der Waals surface area contributed by atoms with Crippen molar-refractivity contribution in [3.63, 3.8) is 0 Å². The lowest BCUT2D eigenvalue weighted by Crippen LogP contribution is -2.48. The van der Waals surface area contributed by atoms with Crippen molar-refractivity contribution in [1.82, 2.24) is 9.80 Å². The van der Waals surface area contributed by atoms with E-state index in [0.717, 1.165) is 10.1 Å². The van der Waals surface area contributed by atoms with Gasteiger partial charge in [0, 0.05) is 23.1 Å². The van der Waals surface area contributed by atoms with Gasteiger partial charge in [-0.25, -0.2) is 10.1 Å². The molecule has 0 aromatic heterocycles. The predicted octanol–water partition coefficient (Wildman–Crippen LogP) is 3.30. The van der Waals surface area contributed by atoms with E-state index in [-0.39, 0.29) is 25.2 Å². The van der Waals surface area contributed by atoms with E-state index in [1.165, 1.54) is 21.9 Å². The number of benzene rings is 2. The first-order valence-corrected chi connectivity index (χ1v) is 9.71. The minimum Gasteiger partial charge on any atom is -0.318 e. The Kier molecular flexibility index (Phi) is 5.26. The summed E-state index contributed by atoms with van der Waals surface area (Å²) < 4.78 is 0. The van der Waals surface area contributed by atoms with Crippen LogP contribution < -0.4 is 10.1 Å². The largest absolute Gasteiger partial charge is 0.318 e. The van der Waals surface area contributed by atoms with E-state index in [4.69, 9.17) is 23.2 Å². The van der Waals surface area contributed by atoms with Gasteiger partial charge in [-0.15, -0.1) is 0 Å². The Balaban J connectivity index is 1.41. The summed E-state index contributed by atoms with van der Waals surface area (Å²) in [6.07, 6.45) is 0.477. The minimum absolute atomic E-state index is 0.00752. The highest BCUT2D eigenvalue weighted by atomic mass is 35.5. The summed E-state index contributed by atoms with van der Waals surface area (Å²) in [5, 5.41) is 23.2. The van der Waals surface area contributed by atoms with E-state index in [0.29, 0.717) is 52.1 Å². The Bertz CT molecular complexity index is 909. The molecule has 2 amide bonds. The van der Waals surface area contributed by atoms with Crippen molar-refractivity contribution in [1.29, 1.82) is 0 Å². The number of rotatable bonds is 4. The van der Waals surface area contributed by atoms with Crippen LogP contribution in [-0.2, 0) is 0 Å². The molecular formula is C19H18Cl2N4O4. The van der Waals surface area contributed by atoms with Crippen LogP contribution in [0.3, 0.4) is 0 Å². The summed E-state index contributed by atoms with van der Waals surface area (Å²) >= 11 is 11.9. The molecule has 2 heterocycles. The highest BCUT2D eigenvalue weighted by molar-refractivity contribution is 6.31. The molecule has 0 atom stereocenters. The molecule has 0 saturated heterocycles. The van der Waals surface area contributed by atoms with E-state index in [9.17, 15) is 20.0 Å². The molecule has 2 N–H and O–H groups in total. The van der Waals surface area contributed by atoms with Crippen molar-refractivity contribution in [3.05, 3.63) is 57.6 Å². The van der Waals surface area contributed by atoms with Crippen molar-refractivity contribution in [2.45, 2.75) is 6.42 Å². The zero-order valence-corrected chi connectivity index (χ0v) is 16.8. The highest BCUT2D eigenvalue weighted by Gasteiger charge is 2.31. The second kappa shape index (κ2) is 7.72. The first kappa shape index (κ1) is 19.8. The number of hydroxylamine groups is 2. The number of carbonyl (C=O) groups is 2. The van der Waals surface area contributed by atoms with Crippen molar-refractivity contribution in [2.75, 3.05) is 36.6 Å². The average Bonchev–Trinajstić information content (AvgIpc) is 2.69. The molecule has 0 bridgehead atoms. The number of halogens is 2. The topological polar surface area (TPSA) is 87.6 Å². The smallest absolute Gasteiger partial charge is 0.257 e. The van der Waals surface area contributed by atoms with E-state index in [1.807, 2.05) is 0 Å². The van der Waals surface area contributed by atoms with Crippen molar-refractivity contribution < 1.29 is 20.0 Å². The van der Waals surface area contributed by atoms with Crippen LogP contribution in [0.25, 0.3) is 0 Å². The number of amides is 2. The molecule has 2 aliphatic rings. The van der Waals surface area contributed by atoms with Crippen molar-refractivity contribution in [3.8, 4) is 0 Å². The van der Waals surface area contributed by atoms with Gasteiger partial charge in [0.25, 0.3) is 11.8 Å². The summed E-state index contributed by atoms with van der Waals surface area (Å²) in [5.74, 6) is -0.425. The first-order valence-electron chi connectivity index (χ1n) is 8.95. The summed E-state index contributed by atoms with van der Waals surface area (Å²) in [4.78, 5) is 28.3. The van der Waals surface area contributed by atoms with Gasteiger partial charge in [-0.3, -0.25) is 20.0 Å². The van der Waals surface area contributed by atoms with Crippen LogP contribution in [0.2, 0.25) is 10.0 Å². The van der Waals surface area contributed by atoms with Gasteiger partial charge in [-0.1, -0.05) is 23.2 Å². The van der Waals surface area contributed by atoms with Gasteiger partial charge in [0.1, 0.15) is 13.3 Å². The number of fused-ring (bicyclic) bond motifs is 2. The molecule has 4 rings (SSSR count). The summed E-state index contributed by atoms with van der Waals surface area (Å²) in [6.45, 7) is 0.683. The lowest BCUT2D eigenvalue weighted by molar-refractivity contribution is 0.0606. The van der Waals surface area contributed by atoms with Crippen LogP contribution in [0.1, 0.15) is 27.1 Å².